The molecule has 0 bridgehead atoms. The van der Waals surface area contributed by atoms with Crippen LogP contribution >= 0.6 is 11.8 Å². The highest BCUT2D eigenvalue weighted by Crippen LogP contribution is 2.29. The fourth-order valence-electron chi connectivity index (χ4n) is 1.05. The van der Waals surface area contributed by atoms with Gasteiger partial charge in [0.2, 0.25) is 0 Å². The summed E-state index contributed by atoms with van der Waals surface area (Å²) < 4.78 is 40.5. The van der Waals surface area contributed by atoms with Crippen molar-refractivity contribution in [2.24, 2.45) is 0 Å². The molecule has 1 heterocycles. The first-order chi connectivity index (χ1) is 8.87. The molecule has 19 heavy (non-hydrogen) atoms. The molecule has 0 saturated heterocycles. The van der Waals surface area contributed by atoms with Crippen molar-refractivity contribution in [1.29, 1.82) is 0 Å². The number of nitrogens with zero attached hydrogens (tertiary/aromatic N) is 1. The molecule has 0 aliphatic heterocycles. The Hall–Kier alpha value is -1.70. The molecular weight excluding hydrogens is 283 g/mol. The number of aliphatic carboxylic acids is 1. The van der Waals surface area contributed by atoms with Crippen LogP contribution in [0.1, 0.15) is 5.69 Å². The van der Waals surface area contributed by atoms with E-state index in [0.29, 0.717) is 11.4 Å². The third-order valence-electron chi connectivity index (χ3n) is 1.77. The molecular formula is C11H10F3NO3S. The summed E-state index contributed by atoms with van der Waals surface area (Å²) in [6.45, 7) is -0.0871. The number of rotatable bonds is 6. The Balaban J connectivity index is 2.38. The molecule has 104 valence electrons. The van der Waals surface area contributed by atoms with E-state index in [1.165, 1.54) is 24.4 Å². The number of pyridine rings is 1. The van der Waals surface area contributed by atoms with Crippen LogP contribution in [0.3, 0.4) is 0 Å². The van der Waals surface area contributed by atoms with Crippen LogP contribution in [0.25, 0.3) is 6.08 Å². The summed E-state index contributed by atoms with van der Waals surface area (Å²) in [7, 11) is 0. The van der Waals surface area contributed by atoms with Crippen molar-refractivity contribution >= 4 is 23.8 Å². The van der Waals surface area contributed by atoms with Crippen molar-refractivity contribution in [2.45, 2.75) is 5.51 Å². The number of carboxylic acid groups (broad SMARTS) is 1. The maximum absolute atomic E-state index is 11.8. The van der Waals surface area contributed by atoms with Crippen molar-refractivity contribution in [3.63, 3.8) is 0 Å². The van der Waals surface area contributed by atoms with E-state index >= 15 is 0 Å². The lowest BCUT2D eigenvalue weighted by Gasteiger charge is -2.07. The topological polar surface area (TPSA) is 59.4 Å². The second-order valence-corrected chi connectivity index (χ2v) is 4.39. The fourth-order valence-corrected chi connectivity index (χ4v) is 1.45. The fraction of sp³-hybridized carbons (Fsp3) is 0.273. The van der Waals surface area contributed by atoms with Gasteiger partial charge in [-0.2, -0.15) is 13.2 Å². The Morgan fingerprint density at radius 3 is 2.74 bits per heavy atom. The largest absolute Gasteiger partial charge is 0.491 e. The monoisotopic (exact) mass is 293 g/mol. The molecule has 1 N–H and O–H groups in total. The Labute approximate surface area is 111 Å². The number of ether oxygens (including phenoxy) is 1. The van der Waals surface area contributed by atoms with Gasteiger partial charge in [0.1, 0.15) is 5.75 Å². The van der Waals surface area contributed by atoms with Gasteiger partial charge in [0.15, 0.2) is 0 Å². The number of aromatic nitrogens is 1. The predicted octanol–water partition coefficient (Wildman–Crippen LogP) is 2.81. The molecule has 0 saturated carbocycles. The van der Waals surface area contributed by atoms with Gasteiger partial charge in [-0.1, -0.05) is 0 Å². The molecule has 0 unspecified atom stereocenters. The lowest BCUT2D eigenvalue weighted by atomic mass is 10.3. The molecule has 0 amide bonds. The summed E-state index contributed by atoms with van der Waals surface area (Å²) in [5.41, 5.74) is -3.84. The van der Waals surface area contributed by atoms with Gasteiger partial charge in [-0.05, 0) is 30.0 Å². The van der Waals surface area contributed by atoms with Crippen LogP contribution in [-0.4, -0.2) is 33.9 Å². The van der Waals surface area contributed by atoms with Gasteiger partial charge >= 0.3 is 11.5 Å². The van der Waals surface area contributed by atoms with Gasteiger partial charge in [0.25, 0.3) is 0 Å². The summed E-state index contributed by atoms with van der Waals surface area (Å²) in [6, 6.07) is 3.01. The van der Waals surface area contributed by atoms with Gasteiger partial charge < -0.3 is 9.84 Å². The molecule has 0 radical (unpaired) electrons. The zero-order valence-corrected chi connectivity index (χ0v) is 10.4. The number of alkyl halides is 3. The highest BCUT2D eigenvalue weighted by molar-refractivity contribution is 8.00. The zero-order valence-electron chi connectivity index (χ0n) is 9.55. The molecule has 0 aromatic carbocycles. The van der Waals surface area contributed by atoms with E-state index in [2.05, 4.69) is 4.98 Å². The van der Waals surface area contributed by atoms with Crippen LogP contribution in [0.2, 0.25) is 0 Å². The number of halogens is 3. The zero-order chi connectivity index (χ0) is 14.3. The number of thioether (sulfide) groups is 1. The van der Waals surface area contributed by atoms with Crippen LogP contribution in [0.5, 0.6) is 5.75 Å². The lowest BCUT2D eigenvalue weighted by Crippen LogP contribution is -2.07. The summed E-state index contributed by atoms with van der Waals surface area (Å²) in [4.78, 5) is 14.1. The smallest absolute Gasteiger partial charge is 0.441 e. The van der Waals surface area contributed by atoms with Crippen LogP contribution in [0, 0.1) is 0 Å². The van der Waals surface area contributed by atoms with E-state index < -0.39 is 11.5 Å². The van der Waals surface area contributed by atoms with Crippen molar-refractivity contribution in [1.82, 2.24) is 4.98 Å². The summed E-state index contributed by atoms with van der Waals surface area (Å²) >= 11 is -0.155. The van der Waals surface area contributed by atoms with E-state index in [9.17, 15) is 18.0 Å². The highest BCUT2D eigenvalue weighted by Gasteiger charge is 2.27. The maximum Gasteiger partial charge on any atom is 0.441 e. The van der Waals surface area contributed by atoms with Gasteiger partial charge in [0, 0.05) is 11.8 Å². The van der Waals surface area contributed by atoms with Gasteiger partial charge in [-0.3, -0.25) is 4.98 Å². The van der Waals surface area contributed by atoms with E-state index in [0.717, 1.165) is 6.08 Å². The van der Waals surface area contributed by atoms with Crippen molar-refractivity contribution in [3.8, 4) is 5.75 Å². The molecule has 1 aromatic heterocycles. The van der Waals surface area contributed by atoms with Crippen molar-refractivity contribution in [3.05, 3.63) is 30.1 Å². The van der Waals surface area contributed by atoms with E-state index in [1.54, 1.807) is 0 Å². The maximum atomic E-state index is 11.8. The summed E-state index contributed by atoms with van der Waals surface area (Å²) in [6.07, 6.45) is 3.55. The minimum absolute atomic E-state index is 0.0871. The van der Waals surface area contributed by atoms with Gasteiger partial charge in [-0.25, -0.2) is 4.79 Å². The first kappa shape index (κ1) is 15.4. The quantitative estimate of drug-likeness (QED) is 0.645. The second kappa shape index (κ2) is 7.03. The minimum Gasteiger partial charge on any atom is -0.491 e. The van der Waals surface area contributed by atoms with Crippen LogP contribution in [-0.2, 0) is 4.79 Å². The number of hydrogen-bond donors (Lipinski definition) is 1. The molecule has 8 heteroatoms. The van der Waals surface area contributed by atoms with Gasteiger partial charge in [0.05, 0.1) is 18.5 Å². The molecule has 4 nitrogen and oxygen atoms in total. The summed E-state index contributed by atoms with van der Waals surface area (Å²) in [5.74, 6) is -0.967. The van der Waals surface area contributed by atoms with E-state index in [1.807, 2.05) is 0 Å². The third-order valence-corrected chi connectivity index (χ3v) is 2.47. The third kappa shape index (κ3) is 7.35. The molecule has 1 rings (SSSR count). The molecule has 0 aliphatic rings. The average Bonchev–Trinajstić information content (AvgIpc) is 2.32. The molecule has 0 atom stereocenters. The summed E-state index contributed by atoms with van der Waals surface area (Å²) in [5, 5.41) is 8.40. The van der Waals surface area contributed by atoms with Gasteiger partial charge in [-0.15, -0.1) is 0 Å². The number of carbonyl (C=O) groups is 1. The first-order valence-electron chi connectivity index (χ1n) is 5.07. The Morgan fingerprint density at radius 2 is 2.21 bits per heavy atom. The Morgan fingerprint density at radius 1 is 1.47 bits per heavy atom. The SMILES string of the molecule is O=C(O)/C=C/c1ccc(OCCSC(F)(F)F)cn1. The average molecular weight is 293 g/mol. The minimum atomic E-state index is -4.26. The van der Waals surface area contributed by atoms with E-state index in [4.69, 9.17) is 9.84 Å². The van der Waals surface area contributed by atoms with E-state index in [-0.39, 0.29) is 24.1 Å². The molecule has 1 aromatic rings. The van der Waals surface area contributed by atoms with Crippen LogP contribution in [0.15, 0.2) is 24.4 Å². The van der Waals surface area contributed by atoms with Crippen molar-refractivity contribution in [2.75, 3.05) is 12.4 Å². The molecule has 0 spiro atoms. The lowest BCUT2D eigenvalue weighted by molar-refractivity contribution is -0.131. The molecule has 0 fully saturated rings. The molecule has 0 aliphatic carbocycles. The normalized spacial score (nSPS) is 11.7. The first-order valence-corrected chi connectivity index (χ1v) is 6.06. The number of hydrogen-bond acceptors (Lipinski definition) is 4. The number of carboxylic acids is 1. The Bertz CT molecular complexity index is 445. The standard InChI is InChI=1S/C11H10F3NO3S/c12-11(13,14)19-6-5-18-9-3-1-8(15-7-9)2-4-10(16)17/h1-4,7H,5-6H2,(H,16,17)/b4-2+. The predicted molar refractivity (Wildman–Crippen MR) is 64.9 cm³/mol. The van der Waals surface area contributed by atoms with Crippen LogP contribution < -0.4 is 4.74 Å². The second-order valence-electron chi connectivity index (χ2n) is 3.23. The van der Waals surface area contributed by atoms with Crippen LogP contribution in [0.4, 0.5) is 13.2 Å². The highest BCUT2D eigenvalue weighted by atomic mass is 32.2. The van der Waals surface area contributed by atoms with Crippen molar-refractivity contribution < 1.29 is 27.8 Å². The Kier molecular flexibility index (Phi) is 5.68.